The summed E-state index contributed by atoms with van der Waals surface area (Å²) in [5.41, 5.74) is 0.701. The minimum atomic E-state index is -0.230. The fraction of sp³-hybridized carbons (Fsp3) is 0.385. The van der Waals surface area contributed by atoms with Crippen molar-refractivity contribution in [2.75, 3.05) is 18.4 Å². The van der Waals surface area contributed by atoms with Gasteiger partial charge in [-0.2, -0.15) is 0 Å². The van der Waals surface area contributed by atoms with Gasteiger partial charge in [-0.05, 0) is 37.1 Å². The molecule has 1 aliphatic rings. The lowest BCUT2D eigenvalue weighted by atomic mass is 10.1. The number of benzene rings is 1. The van der Waals surface area contributed by atoms with Crippen molar-refractivity contribution in [2.45, 2.75) is 18.9 Å². The van der Waals surface area contributed by atoms with E-state index in [1.807, 2.05) is 0 Å². The molecular formula is C13H16ClN3O2. The number of anilines is 1. The van der Waals surface area contributed by atoms with Crippen LogP contribution in [-0.4, -0.2) is 36.5 Å². The first-order valence-corrected chi connectivity index (χ1v) is 6.57. The fourth-order valence-corrected chi connectivity index (χ4v) is 2.16. The van der Waals surface area contributed by atoms with Crippen LogP contribution in [0.5, 0.6) is 0 Å². The Morgan fingerprint density at radius 1 is 1.26 bits per heavy atom. The molecule has 2 rings (SSSR count). The molecule has 102 valence electrons. The Hall–Kier alpha value is -1.75. The molecule has 0 atom stereocenters. The zero-order valence-corrected chi connectivity index (χ0v) is 11.2. The van der Waals surface area contributed by atoms with Crippen molar-refractivity contribution in [3.63, 3.8) is 0 Å². The molecule has 19 heavy (non-hydrogen) atoms. The van der Waals surface area contributed by atoms with Gasteiger partial charge in [-0.25, -0.2) is 4.79 Å². The number of urea groups is 1. The molecule has 1 fully saturated rings. The first-order valence-electron chi connectivity index (χ1n) is 6.20. The molecule has 3 amide bonds. The van der Waals surface area contributed by atoms with E-state index in [0.717, 1.165) is 19.3 Å². The van der Waals surface area contributed by atoms with E-state index in [1.165, 1.54) is 0 Å². The molecule has 1 aliphatic heterocycles. The summed E-state index contributed by atoms with van der Waals surface area (Å²) in [6.45, 7) is 1.38. The predicted molar refractivity (Wildman–Crippen MR) is 74.3 cm³/mol. The molecule has 0 aliphatic carbocycles. The number of nitrogens with one attached hydrogen (secondary N) is 2. The van der Waals surface area contributed by atoms with Gasteiger partial charge in [-0.3, -0.25) is 4.79 Å². The number of rotatable bonds is 3. The van der Waals surface area contributed by atoms with Crippen LogP contribution in [0, 0.1) is 0 Å². The summed E-state index contributed by atoms with van der Waals surface area (Å²) in [5.74, 6) is 0. The molecule has 0 radical (unpaired) electrons. The Bertz CT molecular complexity index is 442. The van der Waals surface area contributed by atoms with Crippen molar-refractivity contribution in [3.8, 4) is 0 Å². The molecule has 0 spiro atoms. The number of halogens is 1. The van der Waals surface area contributed by atoms with Gasteiger partial charge in [-0.15, -0.1) is 0 Å². The second-order valence-corrected chi connectivity index (χ2v) is 4.96. The van der Waals surface area contributed by atoms with Gasteiger partial charge in [0.2, 0.25) is 6.41 Å². The maximum absolute atomic E-state index is 11.8. The van der Waals surface area contributed by atoms with Crippen molar-refractivity contribution >= 4 is 29.7 Å². The summed E-state index contributed by atoms with van der Waals surface area (Å²) in [4.78, 5) is 24.1. The van der Waals surface area contributed by atoms with Gasteiger partial charge < -0.3 is 15.5 Å². The molecule has 0 bridgehead atoms. The molecule has 1 aromatic rings. The second-order valence-electron chi connectivity index (χ2n) is 4.52. The highest BCUT2D eigenvalue weighted by atomic mass is 35.5. The van der Waals surface area contributed by atoms with Crippen molar-refractivity contribution < 1.29 is 9.59 Å². The smallest absolute Gasteiger partial charge is 0.319 e. The Labute approximate surface area is 116 Å². The highest BCUT2D eigenvalue weighted by molar-refractivity contribution is 6.30. The van der Waals surface area contributed by atoms with E-state index in [2.05, 4.69) is 10.6 Å². The topological polar surface area (TPSA) is 61.4 Å². The van der Waals surface area contributed by atoms with Crippen LogP contribution in [-0.2, 0) is 4.79 Å². The van der Waals surface area contributed by atoms with E-state index in [1.54, 1.807) is 29.2 Å². The lowest BCUT2D eigenvalue weighted by molar-refractivity contribution is -0.119. The maximum atomic E-state index is 11.8. The lowest BCUT2D eigenvalue weighted by Crippen LogP contribution is -2.45. The van der Waals surface area contributed by atoms with E-state index in [9.17, 15) is 9.59 Å². The zero-order chi connectivity index (χ0) is 13.7. The van der Waals surface area contributed by atoms with Crippen LogP contribution >= 0.6 is 11.6 Å². The Morgan fingerprint density at radius 2 is 1.89 bits per heavy atom. The maximum Gasteiger partial charge on any atom is 0.319 e. The summed E-state index contributed by atoms with van der Waals surface area (Å²) in [6, 6.07) is 6.82. The van der Waals surface area contributed by atoms with Crippen LogP contribution in [0.15, 0.2) is 24.3 Å². The van der Waals surface area contributed by atoms with Gasteiger partial charge in [0.15, 0.2) is 0 Å². The number of likely N-dealkylation sites (tertiary alicyclic amines) is 1. The van der Waals surface area contributed by atoms with Gasteiger partial charge in [0, 0.05) is 29.8 Å². The molecule has 1 saturated heterocycles. The normalized spacial score (nSPS) is 15.9. The molecule has 1 heterocycles. The van der Waals surface area contributed by atoms with E-state index < -0.39 is 0 Å². The molecule has 0 aromatic heterocycles. The number of carbonyl (C=O) groups is 2. The van der Waals surface area contributed by atoms with Crippen LogP contribution < -0.4 is 10.6 Å². The van der Waals surface area contributed by atoms with Gasteiger partial charge in [0.1, 0.15) is 0 Å². The third-order valence-corrected chi connectivity index (χ3v) is 3.37. The Kier molecular flexibility index (Phi) is 4.63. The summed E-state index contributed by atoms with van der Waals surface area (Å²) in [6.07, 6.45) is 2.42. The first kappa shape index (κ1) is 13.7. The Balaban J connectivity index is 1.78. The van der Waals surface area contributed by atoms with Crippen LogP contribution in [0.4, 0.5) is 10.5 Å². The van der Waals surface area contributed by atoms with E-state index in [4.69, 9.17) is 11.6 Å². The molecular weight excluding hydrogens is 266 g/mol. The number of carbonyl (C=O) groups excluding carboxylic acids is 2. The first-order chi connectivity index (χ1) is 9.17. The van der Waals surface area contributed by atoms with Crippen LogP contribution in [0.3, 0.4) is 0 Å². The minimum Gasteiger partial charge on any atom is -0.345 e. The third kappa shape index (κ3) is 4.13. The molecule has 5 nitrogen and oxygen atoms in total. The molecule has 6 heteroatoms. The van der Waals surface area contributed by atoms with Crippen molar-refractivity contribution in [1.29, 1.82) is 0 Å². The average molecular weight is 282 g/mol. The van der Waals surface area contributed by atoms with Gasteiger partial charge in [0.25, 0.3) is 0 Å². The van der Waals surface area contributed by atoms with E-state index >= 15 is 0 Å². The minimum absolute atomic E-state index is 0.114. The average Bonchev–Trinajstić information content (AvgIpc) is 2.42. The summed E-state index contributed by atoms with van der Waals surface area (Å²) >= 11 is 5.77. The highest BCUT2D eigenvalue weighted by Crippen LogP contribution is 2.14. The number of amides is 3. The predicted octanol–water partition coefficient (Wildman–Crippen LogP) is 2.08. The number of hydrogen-bond donors (Lipinski definition) is 2. The van der Waals surface area contributed by atoms with Crippen molar-refractivity contribution in [2.24, 2.45) is 0 Å². The van der Waals surface area contributed by atoms with Gasteiger partial charge in [0.05, 0.1) is 0 Å². The Morgan fingerprint density at radius 3 is 2.47 bits per heavy atom. The second kappa shape index (κ2) is 6.43. The summed E-state index contributed by atoms with van der Waals surface area (Å²) in [5, 5.41) is 6.28. The molecule has 0 unspecified atom stereocenters. The van der Waals surface area contributed by atoms with Crippen LogP contribution in [0.1, 0.15) is 12.8 Å². The zero-order valence-electron chi connectivity index (χ0n) is 10.4. The monoisotopic (exact) mass is 281 g/mol. The standard InChI is InChI=1S/C13H16ClN3O2/c14-10-1-3-11(4-2-10)15-13(19)16-12-5-7-17(9-18)8-6-12/h1-4,9,12H,5-8H2,(H2,15,16,19). The largest absolute Gasteiger partial charge is 0.345 e. The summed E-state index contributed by atoms with van der Waals surface area (Å²) < 4.78 is 0. The number of piperidine rings is 1. The van der Waals surface area contributed by atoms with E-state index in [-0.39, 0.29) is 12.1 Å². The SMILES string of the molecule is O=CN1CCC(NC(=O)Nc2ccc(Cl)cc2)CC1. The fourth-order valence-electron chi connectivity index (χ4n) is 2.04. The molecule has 0 saturated carbocycles. The van der Waals surface area contributed by atoms with Crippen LogP contribution in [0.2, 0.25) is 5.02 Å². The molecule has 2 N–H and O–H groups in total. The highest BCUT2D eigenvalue weighted by Gasteiger charge is 2.19. The van der Waals surface area contributed by atoms with Crippen LogP contribution in [0.25, 0.3) is 0 Å². The van der Waals surface area contributed by atoms with E-state index in [0.29, 0.717) is 23.8 Å². The third-order valence-electron chi connectivity index (χ3n) is 3.12. The molecule has 1 aromatic carbocycles. The summed E-state index contributed by atoms with van der Waals surface area (Å²) in [7, 11) is 0. The lowest BCUT2D eigenvalue weighted by Gasteiger charge is -2.29. The van der Waals surface area contributed by atoms with Crippen molar-refractivity contribution in [3.05, 3.63) is 29.3 Å². The van der Waals surface area contributed by atoms with Gasteiger partial charge in [-0.1, -0.05) is 11.6 Å². The number of hydrogen-bond acceptors (Lipinski definition) is 2. The number of nitrogens with zero attached hydrogens (tertiary/aromatic N) is 1. The quantitative estimate of drug-likeness (QED) is 0.834. The van der Waals surface area contributed by atoms with Crippen molar-refractivity contribution in [1.82, 2.24) is 10.2 Å². The van der Waals surface area contributed by atoms with Gasteiger partial charge >= 0.3 is 6.03 Å².